The van der Waals surface area contributed by atoms with E-state index in [1.54, 1.807) is 34.6 Å². The number of ether oxygens (including phenoxy) is 4. The number of quaternary nitrogens is 1. The van der Waals surface area contributed by atoms with Gasteiger partial charge in [0.15, 0.2) is 17.5 Å². The maximum absolute atomic E-state index is 13.0. The van der Waals surface area contributed by atoms with Gasteiger partial charge >= 0.3 is 0 Å². The number of anilines is 1. The third-order valence-corrected chi connectivity index (χ3v) is 6.63. The van der Waals surface area contributed by atoms with E-state index in [-0.39, 0.29) is 18.3 Å². The van der Waals surface area contributed by atoms with E-state index in [9.17, 15) is 4.79 Å². The van der Waals surface area contributed by atoms with Gasteiger partial charge in [-0.15, -0.1) is 0 Å². The zero-order chi connectivity index (χ0) is 25.7. The number of hydrogen-bond donors (Lipinski definition) is 2. The van der Waals surface area contributed by atoms with E-state index in [1.165, 1.54) is 11.5 Å². The summed E-state index contributed by atoms with van der Waals surface area (Å²) in [4.78, 5) is 13.9. The first-order valence-electron chi connectivity index (χ1n) is 11.1. The van der Waals surface area contributed by atoms with Crippen LogP contribution in [0.2, 0.25) is 0 Å². The second-order valence-electron chi connectivity index (χ2n) is 7.85. The molecule has 0 saturated heterocycles. The maximum atomic E-state index is 13.0. The first-order valence-corrected chi connectivity index (χ1v) is 11.9. The van der Waals surface area contributed by atoms with Crippen LogP contribution in [0.5, 0.6) is 23.0 Å². The average molecular weight is 542 g/mol. The Balaban J connectivity index is 0.00000380. The topological polar surface area (TPSA) is 107 Å². The van der Waals surface area contributed by atoms with Crippen molar-refractivity contribution >= 4 is 23.1 Å². The summed E-state index contributed by atoms with van der Waals surface area (Å²) in [5, 5.41) is 2.97. The van der Waals surface area contributed by atoms with E-state index in [1.807, 2.05) is 60.7 Å². The summed E-state index contributed by atoms with van der Waals surface area (Å²) in [6.45, 7) is 0. The molecular formula is C27H28ClN3O5S. The molecule has 0 aliphatic heterocycles. The third kappa shape index (κ3) is 5.80. The lowest BCUT2D eigenvalue weighted by Crippen LogP contribution is -3.00. The van der Waals surface area contributed by atoms with Crippen LogP contribution in [0.15, 0.2) is 66.9 Å². The van der Waals surface area contributed by atoms with Crippen LogP contribution in [0.25, 0.3) is 21.6 Å². The fourth-order valence-corrected chi connectivity index (χ4v) is 4.65. The normalized spacial score (nSPS) is 11.2. The molecule has 4 N–H and O–H groups in total. The molecule has 0 spiro atoms. The number of hydrogen-bond acceptors (Lipinski definition) is 7. The number of nitrogens with one attached hydrogen (secondary N) is 1. The molecule has 0 aliphatic rings. The highest BCUT2D eigenvalue weighted by molar-refractivity contribution is 7.10. The van der Waals surface area contributed by atoms with Crippen molar-refractivity contribution in [3.05, 3.63) is 72.4 Å². The lowest BCUT2D eigenvalue weighted by Gasteiger charge is -2.15. The van der Waals surface area contributed by atoms with Gasteiger partial charge in [0.2, 0.25) is 5.75 Å². The lowest BCUT2D eigenvalue weighted by molar-refractivity contribution is -0.408. The summed E-state index contributed by atoms with van der Waals surface area (Å²) in [6, 6.07) is 18.3. The standard InChI is InChI=1S/C27H27N3O5S.ClH/c1-32-21-11-10-17(12-20(21)30-27(31)24(28)16-8-6-5-7-9-16)19-15-29-36-26(19)18-13-22(33-2)25(35-4)23(14-18)34-3;/h5-15,24H,28H2,1-4H3,(H,30,31);1H/t24-;/m0./s1. The summed E-state index contributed by atoms with van der Waals surface area (Å²) in [5.74, 6) is 1.94. The zero-order valence-electron chi connectivity index (χ0n) is 20.9. The van der Waals surface area contributed by atoms with E-state index < -0.39 is 6.04 Å². The summed E-state index contributed by atoms with van der Waals surface area (Å²) in [6.07, 6.45) is 1.80. The van der Waals surface area contributed by atoms with Gasteiger partial charge in [0.05, 0.1) is 39.0 Å². The highest BCUT2D eigenvalue weighted by Gasteiger charge is 2.22. The number of amides is 1. The number of benzene rings is 3. The molecule has 4 rings (SSSR count). The van der Waals surface area contributed by atoms with Crippen LogP contribution in [0.1, 0.15) is 11.6 Å². The van der Waals surface area contributed by atoms with Crippen LogP contribution in [-0.2, 0) is 4.79 Å². The van der Waals surface area contributed by atoms with Gasteiger partial charge in [0.1, 0.15) is 5.75 Å². The predicted molar refractivity (Wildman–Crippen MR) is 140 cm³/mol. The molecule has 0 bridgehead atoms. The van der Waals surface area contributed by atoms with Crippen molar-refractivity contribution < 1.29 is 41.9 Å². The second kappa shape index (κ2) is 12.4. The van der Waals surface area contributed by atoms with Crippen molar-refractivity contribution in [2.75, 3.05) is 33.8 Å². The van der Waals surface area contributed by atoms with Gasteiger partial charge in [-0.3, -0.25) is 4.79 Å². The SMILES string of the molecule is COc1ccc(-c2cnsc2-c2cc(OC)c(OC)c(OC)c2)cc1NC(=O)[C@@H]([NH3+])c1ccccc1.[Cl-]. The molecule has 8 nitrogen and oxygen atoms in total. The minimum absolute atomic E-state index is 0. The summed E-state index contributed by atoms with van der Waals surface area (Å²) in [7, 11) is 6.30. The molecular weight excluding hydrogens is 514 g/mol. The third-order valence-electron chi connectivity index (χ3n) is 5.78. The Labute approximate surface area is 225 Å². The molecule has 10 heteroatoms. The molecule has 1 atom stereocenters. The Morgan fingerprint density at radius 1 is 0.865 bits per heavy atom. The van der Waals surface area contributed by atoms with Crippen LogP contribution >= 0.6 is 11.5 Å². The fraction of sp³-hybridized carbons (Fsp3) is 0.185. The highest BCUT2D eigenvalue weighted by Crippen LogP contribution is 2.45. The van der Waals surface area contributed by atoms with E-state index in [2.05, 4.69) is 15.4 Å². The molecule has 0 aliphatic carbocycles. The molecule has 4 aromatic rings. The van der Waals surface area contributed by atoms with E-state index in [0.717, 1.165) is 27.1 Å². The Morgan fingerprint density at radius 3 is 2.11 bits per heavy atom. The Kier molecular flexibility index (Phi) is 9.35. The summed E-state index contributed by atoms with van der Waals surface area (Å²) >= 11 is 1.35. The Hall–Kier alpha value is -3.79. The molecule has 3 aromatic carbocycles. The van der Waals surface area contributed by atoms with Gasteiger partial charge < -0.3 is 42.4 Å². The first-order chi connectivity index (χ1) is 17.5. The monoisotopic (exact) mass is 541 g/mol. The van der Waals surface area contributed by atoms with Gasteiger partial charge in [0.25, 0.3) is 5.91 Å². The molecule has 1 heterocycles. The van der Waals surface area contributed by atoms with Gasteiger partial charge in [-0.25, -0.2) is 0 Å². The van der Waals surface area contributed by atoms with Crippen LogP contribution in [0, 0.1) is 0 Å². The van der Waals surface area contributed by atoms with Crippen molar-refractivity contribution in [3.63, 3.8) is 0 Å². The minimum Gasteiger partial charge on any atom is -1.00 e. The van der Waals surface area contributed by atoms with Crippen LogP contribution < -0.4 is 42.4 Å². The lowest BCUT2D eigenvalue weighted by atomic mass is 10.0. The van der Waals surface area contributed by atoms with E-state index in [4.69, 9.17) is 18.9 Å². The number of nitrogens with zero attached hydrogens (tertiary/aromatic N) is 1. The van der Waals surface area contributed by atoms with Gasteiger partial charge in [-0.2, -0.15) is 4.37 Å². The fourth-order valence-electron chi connectivity index (χ4n) is 3.90. The number of methoxy groups -OCH3 is 4. The largest absolute Gasteiger partial charge is 1.00 e. The van der Waals surface area contributed by atoms with Crippen LogP contribution in [-0.4, -0.2) is 38.7 Å². The van der Waals surface area contributed by atoms with E-state index >= 15 is 0 Å². The quantitative estimate of drug-likeness (QED) is 0.332. The Bertz CT molecular complexity index is 1340. The molecule has 37 heavy (non-hydrogen) atoms. The minimum atomic E-state index is -0.572. The van der Waals surface area contributed by atoms with Gasteiger partial charge in [0, 0.05) is 22.9 Å². The number of halogens is 1. The van der Waals surface area contributed by atoms with Crippen LogP contribution in [0.4, 0.5) is 5.69 Å². The smallest absolute Gasteiger partial charge is 0.287 e. The van der Waals surface area contributed by atoms with Crippen molar-refractivity contribution in [1.29, 1.82) is 0 Å². The molecule has 0 unspecified atom stereocenters. The molecule has 194 valence electrons. The van der Waals surface area contributed by atoms with Crippen molar-refractivity contribution in [2.45, 2.75) is 6.04 Å². The number of aromatic nitrogens is 1. The maximum Gasteiger partial charge on any atom is 0.287 e. The molecule has 1 aromatic heterocycles. The molecule has 0 saturated carbocycles. The molecule has 0 fully saturated rings. The summed E-state index contributed by atoms with van der Waals surface area (Å²) < 4.78 is 26.4. The average Bonchev–Trinajstić information content (AvgIpc) is 3.42. The highest BCUT2D eigenvalue weighted by atomic mass is 35.5. The van der Waals surface area contributed by atoms with Crippen molar-refractivity contribution in [3.8, 4) is 44.6 Å². The summed E-state index contributed by atoms with van der Waals surface area (Å²) in [5.41, 5.74) is 8.04. The zero-order valence-corrected chi connectivity index (χ0v) is 22.5. The van der Waals surface area contributed by atoms with Gasteiger partial charge in [-0.1, -0.05) is 36.4 Å². The first kappa shape index (κ1) is 27.8. The van der Waals surface area contributed by atoms with Crippen LogP contribution in [0.3, 0.4) is 0 Å². The van der Waals surface area contributed by atoms with Crippen molar-refractivity contribution in [1.82, 2.24) is 4.37 Å². The molecule has 1 amide bonds. The molecule has 0 radical (unpaired) electrons. The number of carbonyl (C=O) groups is 1. The second-order valence-corrected chi connectivity index (χ2v) is 8.65. The Morgan fingerprint density at radius 2 is 1.51 bits per heavy atom. The number of carbonyl (C=O) groups excluding carboxylic acids is 1. The van der Waals surface area contributed by atoms with Crippen molar-refractivity contribution in [2.24, 2.45) is 0 Å². The number of rotatable bonds is 9. The van der Waals surface area contributed by atoms with E-state index in [0.29, 0.717) is 28.7 Å². The predicted octanol–water partition coefficient (Wildman–Crippen LogP) is 1.44. The van der Waals surface area contributed by atoms with Gasteiger partial charge in [-0.05, 0) is 41.4 Å².